The number of benzene rings is 1. The van der Waals surface area contributed by atoms with Crippen molar-refractivity contribution >= 4 is 5.69 Å². The van der Waals surface area contributed by atoms with E-state index in [9.17, 15) is 14.9 Å². The van der Waals surface area contributed by atoms with Gasteiger partial charge in [0.2, 0.25) is 0 Å². The number of nitro benzene ring substituents is 1. The quantitative estimate of drug-likeness (QED) is 0.532. The molecule has 1 aliphatic heterocycles. The zero-order valence-corrected chi connectivity index (χ0v) is 15.2. The minimum Gasteiger partial charge on any atom is -0.496 e. The standard InChI is InChI=1S/C19H18N4O5/c1-27-16-5-4-13(23(25)26)9-12(16)10-22-7-6-14-15(11-22)20-18(21-19(14)24)17-3-2-8-28-17/h2-5,8-9H,6-7,10-11H2,1H3,(H,20,21,24). The third-order valence-corrected chi connectivity index (χ3v) is 4.78. The smallest absolute Gasteiger partial charge is 0.270 e. The molecule has 0 unspecified atom stereocenters. The molecule has 0 spiro atoms. The highest BCUT2D eigenvalue weighted by molar-refractivity contribution is 5.47. The van der Waals surface area contributed by atoms with Gasteiger partial charge in [-0.2, -0.15) is 0 Å². The Labute approximate surface area is 159 Å². The highest BCUT2D eigenvalue weighted by atomic mass is 16.6. The third-order valence-electron chi connectivity index (χ3n) is 4.78. The molecule has 0 atom stereocenters. The van der Waals surface area contributed by atoms with E-state index in [2.05, 4.69) is 14.9 Å². The first-order valence-electron chi connectivity index (χ1n) is 8.75. The van der Waals surface area contributed by atoms with Gasteiger partial charge in [0.15, 0.2) is 11.6 Å². The first-order chi connectivity index (χ1) is 13.5. The lowest BCUT2D eigenvalue weighted by molar-refractivity contribution is -0.385. The van der Waals surface area contributed by atoms with E-state index in [1.807, 2.05) is 0 Å². The molecule has 0 saturated carbocycles. The molecule has 9 nitrogen and oxygen atoms in total. The van der Waals surface area contributed by atoms with Crippen molar-refractivity contribution in [3.05, 3.63) is 73.9 Å². The zero-order chi connectivity index (χ0) is 19.7. The summed E-state index contributed by atoms with van der Waals surface area (Å²) < 4.78 is 10.7. The Morgan fingerprint density at radius 2 is 2.25 bits per heavy atom. The number of aromatic nitrogens is 2. The fraction of sp³-hybridized carbons (Fsp3) is 0.263. The van der Waals surface area contributed by atoms with E-state index in [1.165, 1.54) is 25.5 Å². The van der Waals surface area contributed by atoms with Crippen LogP contribution in [0.5, 0.6) is 5.75 Å². The monoisotopic (exact) mass is 382 g/mol. The van der Waals surface area contributed by atoms with Gasteiger partial charge in [0.25, 0.3) is 11.2 Å². The van der Waals surface area contributed by atoms with Gasteiger partial charge in [-0.1, -0.05) is 0 Å². The van der Waals surface area contributed by atoms with E-state index in [-0.39, 0.29) is 11.2 Å². The summed E-state index contributed by atoms with van der Waals surface area (Å²) in [4.78, 5) is 32.5. The molecule has 1 aliphatic rings. The minimum atomic E-state index is -0.425. The van der Waals surface area contributed by atoms with Gasteiger partial charge in [0.1, 0.15) is 5.75 Å². The Hall–Kier alpha value is -3.46. The molecule has 0 amide bonds. The average molecular weight is 382 g/mol. The molecule has 2 aromatic heterocycles. The number of nitrogens with one attached hydrogen (secondary N) is 1. The molecule has 4 rings (SSSR count). The van der Waals surface area contributed by atoms with E-state index in [0.717, 1.165) is 5.56 Å². The van der Waals surface area contributed by atoms with Crippen molar-refractivity contribution in [1.82, 2.24) is 14.9 Å². The van der Waals surface area contributed by atoms with Crippen LogP contribution in [0.15, 0.2) is 45.8 Å². The van der Waals surface area contributed by atoms with Gasteiger partial charge in [0, 0.05) is 42.9 Å². The van der Waals surface area contributed by atoms with Crippen molar-refractivity contribution < 1.29 is 14.1 Å². The number of fused-ring (bicyclic) bond motifs is 1. The van der Waals surface area contributed by atoms with Crippen molar-refractivity contribution in [2.24, 2.45) is 0 Å². The summed E-state index contributed by atoms with van der Waals surface area (Å²) in [6.07, 6.45) is 2.07. The van der Waals surface area contributed by atoms with Crippen LogP contribution in [0.4, 0.5) is 5.69 Å². The first kappa shape index (κ1) is 17.9. The van der Waals surface area contributed by atoms with Crippen LogP contribution in [-0.4, -0.2) is 33.4 Å². The largest absolute Gasteiger partial charge is 0.496 e. The lowest BCUT2D eigenvalue weighted by Crippen LogP contribution is -2.35. The molecule has 0 radical (unpaired) electrons. The topological polar surface area (TPSA) is 114 Å². The summed E-state index contributed by atoms with van der Waals surface area (Å²) in [5.74, 6) is 1.48. The number of H-pyrrole nitrogens is 1. The second kappa shape index (κ2) is 7.28. The molecular weight excluding hydrogens is 364 g/mol. The van der Waals surface area contributed by atoms with E-state index < -0.39 is 4.92 Å². The highest BCUT2D eigenvalue weighted by Gasteiger charge is 2.23. The second-order valence-corrected chi connectivity index (χ2v) is 6.53. The maximum atomic E-state index is 12.4. The molecule has 0 fully saturated rings. The van der Waals surface area contributed by atoms with Crippen LogP contribution in [0.25, 0.3) is 11.6 Å². The molecule has 9 heteroatoms. The number of hydrogen-bond donors (Lipinski definition) is 1. The summed E-state index contributed by atoms with van der Waals surface area (Å²) in [7, 11) is 1.53. The Bertz CT molecular complexity index is 1070. The van der Waals surface area contributed by atoms with Gasteiger partial charge in [0.05, 0.1) is 24.0 Å². The molecule has 0 aliphatic carbocycles. The van der Waals surface area contributed by atoms with Gasteiger partial charge >= 0.3 is 0 Å². The molecule has 0 saturated heterocycles. The Kier molecular flexibility index (Phi) is 4.66. The molecular formula is C19H18N4O5. The van der Waals surface area contributed by atoms with E-state index in [0.29, 0.717) is 54.6 Å². The predicted octanol–water partition coefficient (Wildman–Crippen LogP) is 2.50. The van der Waals surface area contributed by atoms with Gasteiger partial charge in [-0.3, -0.25) is 19.8 Å². The van der Waals surface area contributed by atoms with E-state index in [4.69, 9.17) is 9.15 Å². The Morgan fingerprint density at radius 1 is 1.39 bits per heavy atom. The van der Waals surface area contributed by atoms with Crippen molar-refractivity contribution in [2.45, 2.75) is 19.5 Å². The number of non-ortho nitro benzene ring substituents is 1. The number of ether oxygens (including phenoxy) is 1. The predicted molar refractivity (Wildman–Crippen MR) is 100 cm³/mol. The number of nitro groups is 1. The molecule has 28 heavy (non-hydrogen) atoms. The van der Waals surface area contributed by atoms with Crippen molar-refractivity contribution in [1.29, 1.82) is 0 Å². The van der Waals surface area contributed by atoms with Gasteiger partial charge in [-0.25, -0.2) is 4.98 Å². The lowest BCUT2D eigenvalue weighted by Gasteiger charge is -2.28. The van der Waals surface area contributed by atoms with Crippen LogP contribution >= 0.6 is 0 Å². The zero-order valence-electron chi connectivity index (χ0n) is 15.2. The lowest BCUT2D eigenvalue weighted by atomic mass is 10.0. The number of methoxy groups -OCH3 is 1. The van der Waals surface area contributed by atoms with Crippen LogP contribution in [0.1, 0.15) is 16.8 Å². The molecule has 144 valence electrons. The number of aromatic amines is 1. The fourth-order valence-electron chi connectivity index (χ4n) is 3.40. The maximum absolute atomic E-state index is 12.4. The fourth-order valence-corrected chi connectivity index (χ4v) is 3.40. The van der Waals surface area contributed by atoms with Crippen molar-refractivity contribution in [3.8, 4) is 17.3 Å². The van der Waals surface area contributed by atoms with Crippen molar-refractivity contribution in [3.63, 3.8) is 0 Å². The molecule has 3 heterocycles. The summed E-state index contributed by atoms with van der Waals surface area (Å²) >= 11 is 0. The van der Waals surface area contributed by atoms with Crippen LogP contribution in [0, 0.1) is 10.1 Å². The summed E-state index contributed by atoms with van der Waals surface area (Å²) in [6.45, 7) is 1.55. The summed E-state index contributed by atoms with van der Waals surface area (Å²) in [6, 6.07) is 8.01. The number of hydrogen-bond acceptors (Lipinski definition) is 7. The number of furan rings is 1. The summed E-state index contributed by atoms with van der Waals surface area (Å²) in [5, 5.41) is 11.1. The molecule has 1 aromatic carbocycles. The highest BCUT2D eigenvalue weighted by Crippen LogP contribution is 2.27. The van der Waals surface area contributed by atoms with E-state index in [1.54, 1.807) is 18.2 Å². The first-order valence-corrected chi connectivity index (χ1v) is 8.75. The maximum Gasteiger partial charge on any atom is 0.270 e. The summed E-state index contributed by atoms with van der Waals surface area (Å²) in [5.41, 5.74) is 1.92. The minimum absolute atomic E-state index is 0.0166. The molecule has 3 aromatic rings. The number of rotatable bonds is 5. The van der Waals surface area contributed by atoms with Gasteiger partial charge < -0.3 is 14.1 Å². The van der Waals surface area contributed by atoms with Crippen LogP contribution < -0.4 is 10.3 Å². The van der Waals surface area contributed by atoms with Crippen LogP contribution in [-0.2, 0) is 19.5 Å². The third kappa shape index (κ3) is 3.39. The Morgan fingerprint density at radius 3 is 2.96 bits per heavy atom. The molecule has 1 N–H and O–H groups in total. The normalized spacial score (nSPS) is 13.9. The van der Waals surface area contributed by atoms with E-state index >= 15 is 0 Å². The van der Waals surface area contributed by atoms with Crippen LogP contribution in [0.3, 0.4) is 0 Å². The van der Waals surface area contributed by atoms with Crippen molar-refractivity contribution in [2.75, 3.05) is 13.7 Å². The van der Waals surface area contributed by atoms with Gasteiger partial charge in [-0.05, 0) is 24.6 Å². The number of nitrogens with zero attached hydrogens (tertiary/aromatic N) is 3. The second-order valence-electron chi connectivity index (χ2n) is 6.53. The Balaban J connectivity index is 1.62. The average Bonchev–Trinajstić information content (AvgIpc) is 3.22. The SMILES string of the molecule is COc1ccc([N+](=O)[O-])cc1CN1CCc2c(nc(-c3ccco3)[nH]c2=O)C1. The molecule has 0 bridgehead atoms. The van der Waals surface area contributed by atoms with Crippen LogP contribution in [0.2, 0.25) is 0 Å². The van der Waals surface area contributed by atoms with Gasteiger partial charge in [-0.15, -0.1) is 0 Å².